The van der Waals surface area contributed by atoms with E-state index in [1.165, 1.54) is 66.3 Å². The van der Waals surface area contributed by atoms with Crippen molar-refractivity contribution in [3.63, 3.8) is 0 Å². The van der Waals surface area contributed by atoms with Crippen LogP contribution in [0.5, 0.6) is 11.5 Å². The molecule has 15 rings (SSSR count). The smallest absolute Gasteiger partial charge is 0.140 e. The number of fused-ring (bicyclic) bond motifs is 16. The van der Waals surface area contributed by atoms with Crippen LogP contribution in [0.2, 0.25) is 0 Å². The Kier molecular flexibility index (Phi) is 8.87. The minimum absolute atomic E-state index is 0.621. The minimum atomic E-state index is -0.621. The van der Waals surface area contributed by atoms with Gasteiger partial charge >= 0.3 is 0 Å². The highest BCUT2D eigenvalue weighted by Gasteiger charge is 2.52. The van der Waals surface area contributed by atoms with E-state index in [1.54, 1.807) is 0 Å². The average molecular weight is 917 g/mol. The molecule has 0 saturated carbocycles. The van der Waals surface area contributed by atoms with Crippen molar-refractivity contribution < 1.29 is 4.74 Å². The second kappa shape index (κ2) is 15.8. The Labute approximate surface area is 417 Å². The lowest BCUT2D eigenvalue weighted by atomic mass is 9.65. The van der Waals surface area contributed by atoms with Crippen LogP contribution in [0.25, 0.3) is 82.4 Å². The Bertz CT molecular complexity index is 4200. The number of hydrogen-bond donors (Lipinski definition) is 0. The molecule has 1 aliphatic carbocycles. The molecule has 0 bridgehead atoms. The molecule has 13 aromatic rings. The van der Waals surface area contributed by atoms with E-state index in [4.69, 9.17) is 4.74 Å². The van der Waals surface area contributed by atoms with E-state index >= 15 is 0 Å². The van der Waals surface area contributed by atoms with Crippen molar-refractivity contribution in [2.75, 3.05) is 4.90 Å². The molecule has 0 atom stereocenters. The van der Waals surface area contributed by atoms with Crippen molar-refractivity contribution in [3.8, 4) is 50.6 Å². The summed E-state index contributed by atoms with van der Waals surface area (Å²) < 4.78 is 9.61. The van der Waals surface area contributed by atoms with Crippen LogP contribution in [0.1, 0.15) is 22.3 Å². The lowest BCUT2D eigenvalue weighted by Crippen LogP contribution is -2.32. The Morgan fingerprint density at radius 1 is 0.306 bits per heavy atom. The van der Waals surface area contributed by atoms with Gasteiger partial charge in [-0.2, -0.15) is 0 Å². The fourth-order valence-electron chi connectivity index (χ4n) is 12.2. The predicted octanol–water partition coefficient (Wildman–Crippen LogP) is 18.4. The predicted molar refractivity (Wildman–Crippen MR) is 299 cm³/mol. The molecule has 2 heterocycles. The van der Waals surface area contributed by atoms with E-state index in [2.05, 4.69) is 276 Å². The third-order valence-electron chi connectivity index (χ3n) is 15.4. The van der Waals surface area contributed by atoms with Crippen LogP contribution >= 0.6 is 0 Å². The summed E-state index contributed by atoms with van der Waals surface area (Å²) in [4.78, 5) is 2.39. The van der Waals surface area contributed by atoms with Gasteiger partial charge in [-0.25, -0.2) is 0 Å². The quantitative estimate of drug-likeness (QED) is 0.165. The molecular weight excluding hydrogens is 873 g/mol. The van der Waals surface area contributed by atoms with Crippen molar-refractivity contribution >= 4 is 60.4 Å². The third-order valence-corrected chi connectivity index (χ3v) is 15.4. The normalized spacial score (nSPS) is 12.9. The van der Waals surface area contributed by atoms with E-state index in [0.717, 1.165) is 66.9 Å². The van der Waals surface area contributed by atoms with Gasteiger partial charge in [0.15, 0.2) is 0 Å². The summed E-state index contributed by atoms with van der Waals surface area (Å²) >= 11 is 0. The summed E-state index contributed by atoms with van der Waals surface area (Å²) in [6.07, 6.45) is 0. The van der Waals surface area contributed by atoms with Gasteiger partial charge in [0.1, 0.15) is 11.5 Å². The van der Waals surface area contributed by atoms with Crippen LogP contribution in [0.3, 0.4) is 0 Å². The number of benzene rings is 12. The first-order valence-corrected chi connectivity index (χ1v) is 24.8. The van der Waals surface area contributed by atoms with Gasteiger partial charge < -0.3 is 14.2 Å². The molecule has 3 heteroatoms. The molecule has 0 unspecified atom stereocenters. The molecule has 0 N–H and O–H groups in total. The van der Waals surface area contributed by atoms with Gasteiger partial charge in [-0.05, 0) is 122 Å². The van der Waals surface area contributed by atoms with E-state index in [1.807, 2.05) is 0 Å². The van der Waals surface area contributed by atoms with Crippen LogP contribution in [-0.4, -0.2) is 4.57 Å². The maximum Gasteiger partial charge on any atom is 0.140 e. The number of ether oxygens (including phenoxy) is 1. The van der Waals surface area contributed by atoms with Crippen LogP contribution in [0, 0.1) is 0 Å². The number of anilines is 3. The van der Waals surface area contributed by atoms with Crippen molar-refractivity contribution in [1.82, 2.24) is 4.57 Å². The number of aromatic nitrogens is 1. The monoisotopic (exact) mass is 916 g/mol. The molecule has 12 aromatic carbocycles. The maximum atomic E-state index is 7.23. The number of rotatable bonds is 6. The zero-order chi connectivity index (χ0) is 47.3. The molecule has 1 aromatic heterocycles. The van der Waals surface area contributed by atoms with E-state index in [-0.39, 0.29) is 0 Å². The highest BCUT2D eigenvalue weighted by Crippen LogP contribution is 2.64. The fraction of sp³-hybridized carbons (Fsp3) is 0.0145. The van der Waals surface area contributed by atoms with Crippen molar-refractivity contribution in [3.05, 3.63) is 289 Å². The van der Waals surface area contributed by atoms with Gasteiger partial charge in [0, 0.05) is 55.4 Å². The first-order chi connectivity index (χ1) is 35.7. The van der Waals surface area contributed by atoms with Crippen LogP contribution in [-0.2, 0) is 5.41 Å². The topological polar surface area (TPSA) is 17.4 Å². The Hall–Kier alpha value is -9.44. The first-order valence-electron chi connectivity index (χ1n) is 24.8. The highest BCUT2D eigenvalue weighted by atomic mass is 16.5. The zero-order valence-corrected chi connectivity index (χ0v) is 39.2. The minimum Gasteiger partial charge on any atom is -0.455 e. The second-order valence-electron chi connectivity index (χ2n) is 19.2. The zero-order valence-electron chi connectivity index (χ0n) is 39.2. The summed E-state index contributed by atoms with van der Waals surface area (Å²) in [6, 6.07) is 97.7. The maximum absolute atomic E-state index is 7.23. The Morgan fingerprint density at radius 2 is 0.806 bits per heavy atom. The standard InChI is InChI=1S/C69H44N2O/c1-3-15-45(16-4-1)46-27-34-52(35-28-46)70(54-38-42-66-60(44-54)59-24-12-14-26-65(59)71(66)51-19-5-2-6-20-51)53-36-29-47(30-37-53)50-31-39-58-57-23-11-13-25-61(57)69(64(58)43-50)62-40-32-48-17-7-9-21-55(48)67(62)72-68-56-22-10-8-18-49(56)33-41-63(68)69/h1-44H. The molecule has 0 saturated heterocycles. The van der Waals surface area contributed by atoms with Crippen molar-refractivity contribution in [1.29, 1.82) is 0 Å². The summed E-state index contributed by atoms with van der Waals surface area (Å²) in [6.45, 7) is 0. The van der Waals surface area contributed by atoms with E-state index < -0.39 is 5.41 Å². The Morgan fingerprint density at radius 3 is 1.49 bits per heavy atom. The number of para-hydroxylation sites is 2. The van der Waals surface area contributed by atoms with Gasteiger partial charge in [0.05, 0.1) is 16.4 Å². The SMILES string of the molecule is c1ccc(-c2ccc(N(c3ccc(-c4ccc5c(c4)C4(c6ccccc6-5)c5ccc6ccccc6c5Oc5c4ccc4ccccc54)cc3)c3ccc4c(c3)c3ccccc3n4-c3ccccc3)cc2)cc1. The van der Waals surface area contributed by atoms with Gasteiger partial charge in [-0.1, -0.05) is 200 Å². The van der Waals surface area contributed by atoms with Crippen LogP contribution in [0.15, 0.2) is 267 Å². The van der Waals surface area contributed by atoms with Gasteiger partial charge in [0.2, 0.25) is 0 Å². The van der Waals surface area contributed by atoms with Crippen LogP contribution < -0.4 is 9.64 Å². The fourth-order valence-corrected chi connectivity index (χ4v) is 12.2. The van der Waals surface area contributed by atoms with Crippen molar-refractivity contribution in [2.24, 2.45) is 0 Å². The molecule has 3 nitrogen and oxygen atoms in total. The van der Waals surface area contributed by atoms with Gasteiger partial charge in [0.25, 0.3) is 0 Å². The number of nitrogens with zero attached hydrogens (tertiary/aromatic N) is 2. The molecule has 0 radical (unpaired) electrons. The second-order valence-corrected chi connectivity index (χ2v) is 19.2. The van der Waals surface area contributed by atoms with E-state index in [9.17, 15) is 0 Å². The Balaban J connectivity index is 0.898. The third kappa shape index (κ3) is 5.92. The summed E-state index contributed by atoms with van der Waals surface area (Å²) in [5, 5.41) is 6.99. The molecular formula is C69H44N2O. The molecule has 1 spiro atoms. The highest BCUT2D eigenvalue weighted by molar-refractivity contribution is 6.11. The molecule has 1 aliphatic heterocycles. The number of hydrogen-bond acceptors (Lipinski definition) is 2. The van der Waals surface area contributed by atoms with Gasteiger partial charge in [-0.15, -0.1) is 0 Å². The lowest BCUT2D eigenvalue weighted by Gasteiger charge is -2.40. The molecule has 336 valence electrons. The lowest BCUT2D eigenvalue weighted by molar-refractivity contribution is 0.447. The van der Waals surface area contributed by atoms with Gasteiger partial charge in [-0.3, -0.25) is 0 Å². The first kappa shape index (κ1) is 40.4. The van der Waals surface area contributed by atoms with E-state index in [0.29, 0.717) is 0 Å². The summed E-state index contributed by atoms with van der Waals surface area (Å²) in [5.74, 6) is 1.85. The summed E-state index contributed by atoms with van der Waals surface area (Å²) in [5.41, 5.74) is 18.2. The molecule has 2 aliphatic rings. The molecule has 0 fully saturated rings. The van der Waals surface area contributed by atoms with Crippen molar-refractivity contribution in [2.45, 2.75) is 5.41 Å². The largest absolute Gasteiger partial charge is 0.455 e. The summed E-state index contributed by atoms with van der Waals surface area (Å²) in [7, 11) is 0. The van der Waals surface area contributed by atoms with Crippen LogP contribution in [0.4, 0.5) is 17.1 Å². The molecule has 0 amide bonds. The molecule has 72 heavy (non-hydrogen) atoms. The average Bonchev–Trinajstić information content (AvgIpc) is 3.94.